The molecular formula is C55H42N2. The van der Waals surface area contributed by atoms with E-state index in [0.29, 0.717) is 0 Å². The Kier molecular flexibility index (Phi) is 7.37. The lowest BCUT2D eigenvalue weighted by molar-refractivity contribution is 0.660. The monoisotopic (exact) mass is 730 g/mol. The lowest BCUT2D eigenvalue weighted by Gasteiger charge is -2.29. The summed E-state index contributed by atoms with van der Waals surface area (Å²) in [7, 11) is 0. The lowest BCUT2D eigenvalue weighted by Crippen LogP contribution is -2.17. The summed E-state index contributed by atoms with van der Waals surface area (Å²) < 4.78 is 2.42. The summed E-state index contributed by atoms with van der Waals surface area (Å²) in [6.07, 6.45) is 0. The second-order valence-electron chi connectivity index (χ2n) is 16.2. The van der Waals surface area contributed by atoms with Gasteiger partial charge in [-0.3, -0.25) is 0 Å². The summed E-state index contributed by atoms with van der Waals surface area (Å²) >= 11 is 0. The van der Waals surface area contributed by atoms with Crippen LogP contribution in [0, 0.1) is 0 Å². The number of para-hydroxylation sites is 2. The van der Waals surface area contributed by atoms with Gasteiger partial charge in [-0.15, -0.1) is 0 Å². The molecule has 11 rings (SSSR count). The van der Waals surface area contributed by atoms with Gasteiger partial charge >= 0.3 is 0 Å². The predicted molar refractivity (Wildman–Crippen MR) is 244 cm³/mol. The van der Waals surface area contributed by atoms with E-state index in [1.807, 2.05) is 0 Å². The number of nitrogens with zero attached hydrogens (tertiary/aromatic N) is 2. The highest BCUT2D eigenvalue weighted by Crippen LogP contribution is 2.52. The second-order valence-corrected chi connectivity index (χ2v) is 16.2. The van der Waals surface area contributed by atoms with Crippen molar-refractivity contribution in [1.29, 1.82) is 0 Å². The first-order valence-corrected chi connectivity index (χ1v) is 20.0. The quantitative estimate of drug-likeness (QED) is 0.122. The molecule has 1 heterocycles. The van der Waals surface area contributed by atoms with Gasteiger partial charge in [0.25, 0.3) is 0 Å². The minimum atomic E-state index is -0.185. The first-order valence-electron chi connectivity index (χ1n) is 20.0. The molecule has 10 aromatic rings. The normalized spacial score (nSPS) is 13.7. The van der Waals surface area contributed by atoms with Gasteiger partial charge in [0.2, 0.25) is 0 Å². The molecule has 2 heteroatoms. The summed E-state index contributed by atoms with van der Waals surface area (Å²) in [5.41, 5.74) is 17.6. The first-order chi connectivity index (χ1) is 27.9. The Labute approximate surface area is 333 Å². The van der Waals surface area contributed by atoms with E-state index in [-0.39, 0.29) is 5.41 Å². The predicted octanol–water partition coefficient (Wildman–Crippen LogP) is 15.3. The molecule has 0 radical (unpaired) electrons. The topological polar surface area (TPSA) is 8.17 Å². The van der Waals surface area contributed by atoms with Crippen LogP contribution in [0.3, 0.4) is 0 Å². The van der Waals surface area contributed by atoms with Gasteiger partial charge in [-0.2, -0.15) is 0 Å². The van der Waals surface area contributed by atoms with Gasteiger partial charge in [-0.1, -0.05) is 135 Å². The average molecular weight is 731 g/mol. The van der Waals surface area contributed by atoms with Crippen molar-refractivity contribution in [3.63, 3.8) is 0 Å². The van der Waals surface area contributed by atoms with Gasteiger partial charge < -0.3 is 9.47 Å². The van der Waals surface area contributed by atoms with Crippen LogP contribution < -0.4 is 4.90 Å². The fraction of sp³-hybridized carbons (Fsp3) is 0.0909. The fourth-order valence-electron chi connectivity index (χ4n) is 9.79. The smallest absolute Gasteiger partial charge is 0.0547 e. The zero-order valence-corrected chi connectivity index (χ0v) is 32.7. The molecule has 1 aliphatic rings. The number of anilines is 3. The van der Waals surface area contributed by atoms with Crippen molar-refractivity contribution >= 4 is 71.6 Å². The van der Waals surface area contributed by atoms with Crippen molar-refractivity contribution in [3.05, 3.63) is 204 Å². The summed E-state index contributed by atoms with van der Waals surface area (Å²) in [5.74, 6) is 0. The van der Waals surface area contributed by atoms with Gasteiger partial charge in [0.15, 0.2) is 0 Å². The SMILES string of the molecule is CC(=C(C)c1ccc2c3c1ccc1cccc(c13)n2-c1ccccc1)c1ccc2c(c1)C(C)(C)c1cc(N(c3ccccc3)c3cccc4ccccc34)ccc1-2. The fourth-order valence-corrected chi connectivity index (χ4v) is 9.79. The largest absolute Gasteiger partial charge is 0.310 e. The molecule has 0 amide bonds. The van der Waals surface area contributed by atoms with Crippen LogP contribution in [0.5, 0.6) is 0 Å². The molecule has 1 aliphatic carbocycles. The maximum Gasteiger partial charge on any atom is 0.0547 e. The van der Waals surface area contributed by atoms with Crippen LogP contribution >= 0.6 is 0 Å². The number of aromatic nitrogens is 1. The van der Waals surface area contributed by atoms with Crippen LogP contribution in [0.15, 0.2) is 182 Å². The van der Waals surface area contributed by atoms with Gasteiger partial charge in [0.05, 0.1) is 16.7 Å². The van der Waals surface area contributed by atoms with E-state index in [4.69, 9.17) is 0 Å². The maximum absolute atomic E-state index is 2.47. The van der Waals surface area contributed by atoms with Crippen molar-refractivity contribution in [2.24, 2.45) is 0 Å². The van der Waals surface area contributed by atoms with Crippen LogP contribution in [0.2, 0.25) is 0 Å². The highest BCUT2D eigenvalue weighted by atomic mass is 15.1. The van der Waals surface area contributed by atoms with Gasteiger partial charge in [0, 0.05) is 38.6 Å². The van der Waals surface area contributed by atoms with Crippen molar-refractivity contribution < 1.29 is 0 Å². The van der Waals surface area contributed by atoms with Crippen LogP contribution in [0.4, 0.5) is 17.1 Å². The molecule has 9 aromatic carbocycles. The summed E-state index contributed by atoms with van der Waals surface area (Å²) in [4.78, 5) is 2.42. The minimum Gasteiger partial charge on any atom is -0.310 e. The summed E-state index contributed by atoms with van der Waals surface area (Å²) in [6, 6.07) is 67.1. The van der Waals surface area contributed by atoms with E-state index in [0.717, 1.165) is 5.69 Å². The number of fused-ring (bicyclic) bond motifs is 4. The zero-order chi connectivity index (χ0) is 38.4. The Morgan fingerprint density at radius 2 is 1.14 bits per heavy atom. The highest BCUT2D eigenvalue weighted by molar-refractivity contribution is 6.26. The van der Waals surface area contributed by atoms with Gasteiger partial charge in [0.1, 0.15) is 0 Å². The van der Waals surface area contributed by atoms with Crippen LogP contribution in [0.25, 0.3) is 71.3 Å². The Morgan fingerprint density at radius 3 is 1.96 bits per heavy atom. The number of benzene rings is 9. The molecule has 0 unspecified atom stereocenters. The second kappa shape index (κ2) is 12.6. The number of hydrogen-bond acceptors (Lipinski definition) is 1. The molecule has 0 bridgehead atoms. The summed E-state index contributed by atoms with van der Waals surface area (Å²) in [6.45, 7) is 9.39. The molecule has 57 heavy (non-hydrogen) atoms. The van der Waals surface area contributed by atoms with E-state index in [1.165, 1.54) is 105 Å². The molecule has 2 nitrogen and oxygen atoms in total. The molecule has 0 saturated heterocycles. The Balaban J connectivity index is 1.02. The van der Waals surface area contributed by atoms with E-state index >= 15 is 0 Å². The van der Waals surface area contributed by atoms with E-state index in [2.05, 4.69) is 219 Å². The standard InChI is InChI=1S/C55H42N2/c1-35(36(2)43-31-32-52-54-47(43)29-25-38-17-14-24-51(53(38)54)57(52)41-20-9-6-10-21-41)39-26-28-45-46-30-27-42(34-49(46)55(3,4)48(45)33-39)56(40-18-7-5-8-19-40)50-23-13-16-37-15-11-12-22-44(37)50/h5-34H,1-4H3. The first kappa shape index (κ1) is 33.4. The molecule has 0 atom stereocenters. The van der Waals surface area contributed by atoms with Crippen molar-refractivity contribution in [2.75, 3.05) is 4.90 Å². The van der Waals surface area contributed by atoms with Crippen LogP contribution in [-0.4, -0.2) is 4.57 Å². The van der Waals surface area contributed by atoms with Crippen molar-refractivity contribution in [1.82, 2.24) is 4.57 Å². The number of hydrogen-bond donors (Lipinski definition) is 0. The third-order valence-corrected chi connectivity index (χ3v) is 12.8. The number of rotatable bonds is 6. The molecule has 0 aliphatic heterocycles. The van der Waals surface area contributed by atoms with Crippen LogP contribution in [0.1, 0.15) is 49.9 Å². The summed E-state index contributed by atoms with van der Waals surface area (Å²) in [5, 5.41) is 7.73. The molecule has 0 spiro atoms. The Morgan fingerprint density at radius 1 is 0.474 bits per heavy atom. The van der Waals surface area contributed by atoms with E-state index in [9.17, 15) is 0 Å². The number of allylic oxidation sites excluding steroid dienone is 2. The molecule has 272 valence electrons. The van der Waals surface area contributed by atoms with Crippen molar-refractivity contribution in [2.45, 2.75) is 33.1 Å². The third kappa shape index (κ3) is 4.97. The minimum absolute atomic E-state index is 0.185. The molecule has 0 N–H and O–H groups in total. The van der Waals surface area contributed by atoms with Gasteiger partial charge in [-0.05, 0) is 135 Å². The molecule has 0 saturated carbocycles. The highest BCUT2D eigenvalue weighted by Gasteiger charge is 2.36. The van der Waals surface area contributed by atoms with E-state index in [1.54, 1.807) is 0 Å². The zero-order valence-electron chi connectivity index (χ0n) is 32.7. The lowest BCUT2D eigenvalue weighted by atomic mass is 9.81. The van der Waals surface area contributed by atoms with E-state index < -0.39 is 0 Å². The third-order valence-electron chi connectivity index (χ3n) is 12.8. The maximum atomic E-state index is 2.47. The average Bonchev–Trinajstić information content (AvgIpc) is 3.72. The molecule has 0 fully saturated rings. The molecular weight excluding hydrogens is 689 g/mol. The van der Waals surface area contributed by atoms with Crippen molar-refractivity contribution in [3.8, 4) is 16.8 Å². The Bertz CT molecular complexity index is 3210. The van der Waals surface area contributed by atoms with Crippen LogP contribution in [-0.2, 0) is 5.41 Å². The molecule has 1 aromatic heterocycles. The van der Waals surface area contributed by atoms with Gasteiger partial charge in [-0.25, -0.2) is 0 Å². The Hall–Kier alpha value is -6.90.